The van der Waals surface area contributed by atoms with Crippen molar-refractivity contribution < 1.29 is 17.9 Å². The number of ether oxygens (including phenoxy) is 1. The molecule has 0 radical (unpaired) electrons. The number of benzene rings is 2. The van der Waals surface area contributed by atoms with E-state index in [9.17, 15) is 13.2 Å². The topological polar surface area (TPSA) is 35.2 Å². The molecule has 2 aromatic rings. The van der Waals surface area contributed by atoms with Crippen LogP contribution in [-0.2, 0) is 17.5 Å². The van der Waals surface area contributed by atoms with Gasteiger partial charge in [0.2, 0.25) is 0 Å². The third kappa shape index (κ3) is 4.83. The van der Waals surface area contributed by atoms with Gasteiger partial charge in [-0.1, -0.05) is 36.4 Å². The molecule has 3 rings (SSSR count). The zero-order valence-electron chi connectivity index (χ0n) is 13.9. The largest absolute Gasteiger partial charge is 0.416 e. The van der Waals surface area contributed by atoms with Crippen molar-refractivity contribution in [1.29, 1.82) is 0 Å². The van der Waals surface area contributed by atoms with E-state index in [4.69, 9.17) is 10.5 Å². The Morgan fingerprint density at radius 3 is 2.44 bits per heavy atom. The molecule has 0 aromatic heterocycles. The van der Waals surface area contributed by atoms with E-state index in [0.717, 1.165) is 42.9 Å². The summed E-state index contributed by atoms with van der Waals surface area (Å²) >= 11 is 0. The van der Waals surface area contributed by atoms with Crippen molar-refractivity contribution in [3.05, 3.63) is 59.7 Å². The highest BCUT2D eigenvalue weighted by Gasteiger charge is 2.30. The van der Waals surface area contributed by atoms with Gasteiger partial charge in [0.25, 0.3) is 0 Å². The summed E-state index contributed by atoms with van der Waals surface area (Å²) in [5.41, 5.74) is 7.65. The van der Waals surface area contributed by atoms with Crippen molar-refractivity contribution in [3.8, 4) is 11.1 Å². The summed E-state index contributed by atoms with van der Waals surface area (Å²) in [4.78, 5) is 0. The SMILES string of the molecule is NC1CCC[C@@H](OCc2ccc(-c3cccc(C(F)(F)F)c3)cc2)C1. The average molecular weight is 349 g/mol. The second-order valence-corrected chi connectivity index (χ2v) is 6.64. The second kappa shape index (κ2) is 7.58. The van der Waals surface area contributed by atoms with Crippen LogP contribution in [0.5, 0.6) is 0 Å². The van der Waals surface area contributed by atoms with Gasteiger partial charge in [0.1, 0.15) is 0 Å². The third-order valence-electron chi connectivity index (χ3n) is 4.63. The van der Waals surface area contributed by atoms with E-state index in [0.29, 0.717) is 12.2 Å². The minimum absolute atomic E-state index is 0.201. The lowest BCUT2D eigenvalue weighted by Gasteiger charge is -2.26. The van der Waals surface area contributed by atoms with Gasteiger partial charge in [-0.3, -0.25) is 0 Å². The van der Waals surface area contributed by atoms with E-state index in [1.54, 1.807) is 6.07 Å². The quantitative estimate of drug-likeness (QED) is 0.827. The lowest BCUT2D eigenvalue weighted by Crippen LogP contribution is -2.32. The molecule has 0 spiro atoms. The van der Waals surface area contributed by atoms with Crippen LogP contribution in [0.15, 0.2) is 48.5 Å². The summed E-state index contributed by atoms with van der Waals surface area (Å²) in [6.45, 7) is 0.500. The Hall–Kier alpha value is -1.85. The molecule has 1 saturated carbocycles. The van der Waals surface area contributed by atoms with E-state index in [2.05, 4.69) is 0 Å². The summed E-state index contributed by atoms with van der Waals surface area (Å²) < 4.78 is 44.4. The maximum absolute atomic E-state index is 12.8. The zero-order chi connectivity index (χ0) is 17.9. The van der Waals surface area contributed by atoms with Crippen LogP contribution in [0.3, 0.4) is 0 Å². The summed E-state index contributed by atoms with van der Waals surface area (Å²) in [5, 5.41) is 0. The molecule has 5 heteroatoms. The smallest absolute Gasteiger partial charge is 0.373 e. The van der Waals surface area contributed by atoms with Gasteiger partial charge < -0.3 is 10.5 Å². The van der Waals surface area contributed by atoms with Crippen LogP contribution in [0.25, 0.3) is 11.1 Å². The summed E-state index contributed by atoms with van der Waals surface area (Å²) in [6.07, 6.45) is -0.0404. The lowest BCUT2D eigenvalue weighted by atomic mass is 9.93. The van der Waals surface area contributed by atoms with Crippen LogP contribution in [-0.4, -0.2) is 12.1 Å². The monoisotopic (exact) mass is 349 g/mol. The predicted octanol–water partition coefficient (Wildman–Crippen LogP) is 5.16. The normalized spacial score (nSPS) is 21.3. The van der Waals surface area contributed by atoms with Crippen molar-refractivity contribution in [1.82, 2.24) is 0 Å². The van der Waals surface area contributed by atoms with Crippen LogP contribution < -0.4 is 5.73 Å². The molecule has 0 heterocycles. The van der Waals surface area contributed by atoms with Gasteiger partial charge in [-0.05, 0) is 54.5 Å². The minimum atomic E-state index is -4.33. The Labute approximate surface area is 145 Å². The molecule has 1 unspecified atom stereocenters. The van der Waals surface area contributed by atoms with E-state index in [-0.39, 0.29) is 12.1 Å². The number of hydrogen-bond donors (Lipinski definition) is 1. The van der Waals surface area contributed by atoms with E-state index in [1.165, 1.54) is 12.1 Å². The Morgan fingerprint density at radius 2 is 1.76 bits per heavy atom. The predicted molar refractivity (Wildman–Crippen MR) is 91.9 cm³/mol. The lowest BCUT2D eigenvalue weighted by molar-refractivity contribution is -0.137. The molecule has 0 aliphatic heterocycles. The first-order valence-corrected chi connectivity index (χ1v) is 8.55. The number of halogens is 3. The highest BCUT2D eigenvalue weighted by molar-refractivity contribution is 5.64. The fourth-order valence-electron chi connectivity index (χ4n) is 3.22. The van der Waals surface area contributed by atoms with Crippen molar-refractivity contribution in [2.75, 3.05) is 0 Å². The van der Waals surface area contributed by atoms with E-state index in [1.807, 2.05) is 24.3 Å². The maximum Gasteiger partial charge on any atom is 0.416 e. The molecule has 1 aliphatic rings. The molecule has 1 fully saturated rings. The number of hydrogen-bond acceptors (Lipinski definition) is 2. The van der Waals surface area contributed by atoms with Gasteiger partial charge in [0.15, 0.2) is 0 Å². The van der Waals surface area contributed by atoms with Gasteiger partial charge in [-0.2, -0.15) is 13.2 Å². The average Bonchev–Trinajstić information content (AvgIpc) is 2.60. The molecule has 0 saturated heterocycles. The standard InChI is InChI=1S/C20H22F3NO/c21-20(22,23)17-4-1-3-16(11-17)15-9-7-14(8-10-15)13-25-19-6-2-5-18(24)12-19/h1,3-4,7-11,18-19H,2,5-6,12-13,24H2/t18?,19-/m1/s1. The maximum atomic E-state index is 12.8. The first-order chi connectivity index (χ1) is 11.9. The minimum Gasteiger partial charge on any atom is -0.373 e. The van der Waals surface area contributed by atoms with Crippen molar-refractivity contribution in [2.45, 2.75) is 50.6 Å². The Kier molecular flexibility index (Phi) is 5.45. The van der Waals surface area contributed by atoms with E-state index >= 15 is 0 Å². The van der Waals surface area contributed by atoms with Crippen LogP contribution >= 0.6 is 0 Å². The highest BCUT2D eigenvalue weighted by Crippen LogP contribution is 2.32. The molecule has 25 heavy (non-hydrogen) atoms. The van der Waals surface area contributed by atoms with Gasteiger partial charge in [0.05, 0.1) is 18.3 Å². The van der Waals surface area contributed by atoms with Crippen LogP contribution in [0.1, 0.15) is 36.8 Å². The van der Waals surface area contributed by atoms with Gasteiger partial charge in [-0.25, -0.2) is 0 Å². The van der Waals surface area contributed by atoms with Crippen LogP contribution in [0, 0.1) is 0 Å². The number of rotatable bonds is 4. The fourth-order valence-corrected chi connectivity index (χ4v) is 3.22. The molecular formula is C20H22F3NO. The molecular weight excluding hydrogens is 327 g/mol. The number of nitrogens with two attached hydrogens (primary N) is 1. The molecule has 2 aromatic carbocycles. The molecule has 0 bridgehead atoms. The summed E-state index contributed by atoms with van der Waals surface area (Å²) in [6, 6.07) is 13.1. The first-order valence-electron chi connectivity index (χ1n) is 8.55. The van der Waals surface area contributed by atoms with Crippen LogP contribution in [0.4, 0.5) is 13.2 Å². The Balaban J connectivity index is 1.64. The van der Waals surface area contributed by atoms with Gasteiger partial charge in [0, 0.05) is 6.04 Å². The van der Waals surface area contributed by atoms with Gasteiger partial charge >= 0.3 is 6.18 Å². The van der Waals surface area contributed by atoms with E-state index < -0.39 is 11.7 Å². The highest BCUT2D eigenvalue weighted by atomic mass is 19.4. The van der Waals surface area contributed by atoms with Crippen molar-refractivity contribution in [2.24, 2.45) is 5.73 Å². The number of alkyl halides is 3. The summed E-state index contributed by atoms with van der Waals surface area (Å²) in [5.74, 6) is 0. The molecule has 0 amide bonds. The van der Waals surface area contributed by atoms with Gasteiger partial charge in [-0.15, -0.1) is 0 Å². The molecule has 1 aliphatic carbocycles. The molecule has 2 atom stereocenters. The molecule has 2 nitrogen and oxygen atoms in total. The summed E-state index contributed by atoms with van der Waals surface area (Å²) in [7, 11) is 0. The second-order valence-electron chi connectivity index (χ2n) is 6.64. The fraction of sp³-hybridized carbons (Fsp3) is 0.400. The zero-order valence-corrected chi connectivity index (χ0v) is 13.9. The molecule has 2 N–H and O–H groups in total. The van der Waals surface area contributed by atoms with Crippen LogP contribution in [0.2, 0.25) is 0 Å². The Bertz CT molecular complexity index is 697. The van der Waals surface area contributed by atoms with Crippen molar-refractivity contribution >= 4 is 0 Å². The van der Waals surface area contributed by atoms with Crippen molar-refractivity contribution in [3.63, 3.8) is 0 Å². The first kappa shape index (κ1) is 18.0. The Morgan fingerprint density at radius 1 is 1.00 bits per heavy atom. The third-order valence-corrected chi connectivity index (χ3v) is 4.63. The molecule has 134 valence electrons.